The number of carbonyl (C=O) groups excluding carboxylic acids is 2. The molecule has 0 atom stereocenters. The SMILES string of the molecule is C[NH2+]/C(C)=C\C(=N)C(=O)NCC(=O)N1CCN(c2ccccc2-c2ccccc2)CC1. The Bertz CT molecular complexity index is 963. The first-order valence-corrected chi connectivity index (χ1v) is 10.5. The van der Waals surface area contributed by atoms with E-state index in [-0.39, 0.29) is 18.2 Å². The van der Waals surface area contributed by atoms with Gasteiger partial charge in [-0.1, -0.05) is 48.5 Å². The summed E-state index contributed by atoms with van der Waals surface area (Å²) in [7, 11) is 1.85. The van der Waals surface area contributed by atoms with Crippen LogP contribution < -0.4 is 15.5 Å². The van der Waals surface area contributed by atoms with Gasteiger partial charge in [0.2, 0.25) is 5.91 Å². The highest BCUT2D eigenvalue weighted by Crippen LogP contribution is 2.31. The van der Waals surface area contributed by atoms with Gasteiger partial charge in [-0.25, -0.2) is 0 Å². The summed E-state index contributed by atoms with van der Waals surface area (Å²) >= 11 is 0. The first-order chi connectivity index (χ1) is 15.0. The maximum atomic E-state index is 12.5. The molecule has 1 aliphatic heterocycles. The van der Waals surface area contributed by atoms with Crippen LogP contribution in [0.5, 0.6) is 0 Å². The van der Waals surface area contributed by atoms with Crippen LogP contribution in [0.15, 0.2) is 66.4 Å². The molecule has 0 aliphatic carbocycles. The number of piperazine rings is 1. The van der Waals surface area contributed by atoms with Gasteiger partial charge in [-0.3, -0.25) is 15.0 Å². The molecule has 0 radical (unpaired) electrons. The van der Waals surface area contributed by atoms with Crippen molar-refractivity contribution < 1.29 is 14.9 Å². The van der Waals surface area contributed by atoms with Crippen molar-refractivity contribution in [2.45, 2.75) is 6.92 Å². The smallest absolute Gasteiger partial charge is 0.269 e. The summed E-state index contributed by atoms with van der Waals surface area (Å²) < 4.78 is 0. The van der Waals surface area contributed by atoms with Gasteiger partial charge < -0.3 is 20.4 Å². The first kappa shape index (κ1) is 22.2. The van der Waals surface area contributed by atoms with Crippen molar-refractivity contribution in [2.75, 3.05) is 44.7 Å². The minimum absolute atomic E-state index is 0.0927. The van der Waals surface area contributed by atoms with Gasteiger partial charge in [0.25, 0.3) is 5.91 Å². The molecule has 7 heteroatoms. The summed E-state index contributed by atoms with van der Waals surface area (Å²) in [6, 6.07) is 18.6. The second-order valence-electron chi connectivity index (χ2n) is 7.52. The van der Waals surface area contributed by atoms with Crippen molar-refractivity contribution >= 4 is 23.2 Å². The fourth-order valence-electron chi connectivity index (χ4n) is 3.55. The van der Waals surface area contributed by atoms with Crippen molar-refractivity contribution in [1.82, 2.24) is 10.2 Å². The van der Waals surface area contributed by atoms with Crippen LogP contribution in [0.3, 0.4) is 0 Å². The van der Waals surface area contributed by atoms with E-state index < -0.39 is 5.91 Å². The van der Waals surface area contributed by atoms with Crippen LogP contribution >= 0.6 is 0 Å². The van der Waals surface area contributed by atoms with Crippen LogP contribution in [0.25, 0.3) is 11.1 Å². The van der Waals surface area contributed by atoms with Gasteiger partial charge in [0.1, 0.15) is 11.4 Å². The number of hydrogen-bond acceptors (Lipinski definition) is 4. The molecule has 4 N–H and O–H groups in total. The normalized spacial score (nSPS) is 14.3. The van der Waals surface area contributed by atoms with Crippen LogP contribution in [0.4, 0.5) is 5.69 Å². The zero-order valence-corrected chi connectivity index (χ0v) is 18.1. The number of allylic oxidation sites excluding steroid dienone is 1. The van der Waals surface area contributed by atoms with E-state index in [1.54, 1.807) is 4.90 Å². The number of amides is 2. The Kier molecular flexibility index (Phi) is 7.56. The van der Waals surface area contributed by atoms with Gasteiger partial charge in [0.05, 0.1) is 13.6 Å². The number of benzene rings is 2. The van der Waals surface area contributed by atoms with Crippen molar-refractivity contribution in [3.63, 3.8) is 0 Å². The second-order valence-corrected chi connectivity index (χ2v) is 7.52. The quantitative estimate of drug-likeness (QED) is 0.589. The number of hydrogen-bond donors (Lipinski definition) is 3. The largest absolute Gasteiger partial charge is 0.367 e. The molecular weight excluding hydrogens is 390 g/mol. The Hall–Kier alpha value is -3.45. The van der Waals surface area contributed by atoms with Crippen molar-refractivity contribution in [1.29, 1.82) is 5.41 Å². The minimum atomic E-state index is -0.537. The predicted octanol–water partition coefficient (Wildman–Crippen LogP) is 1.24. The van der Waals surface area contributed by atoms with Crippen molar-refractivity contribution in [2.24, 2.45) is 0 Å². The van der Waals surface area contributed by atoms with Gasteiger partial charge in [-0.15, -0.1) is 0 Å². The van der Waals surface area contributed by atoms with Gasteiger partial charge in [0.15, 0.2) is 0 Å². The standard InChI is InChI=1S/C24H29N5O2/c1-18(26-2)16-21(25)24(31)27-17-23(30)29-14-12-28(13-15-29)22-11-7-6-10-20(22)19-8-4-3-5-9-19/h3-11,16,25-26H,12-15,17H2,1-2H3,(H,27,31)/p+1/b18-16-,25-21?. The maximum Gasteiger partial charge on any atom is 0.269 e. The van der Waals surface area contributed by atoms with Gasteiger partial charge >= 0.3 is 0 Å². The lowest BCUT2D eigenvalue weighted by molar-refractivity contribution is -0.575. The molecule has 1 heterocycles. The lowest BCUT2D eigenvalue weighted by Crippen LogP contribution is -2.76. The molecular formula is C24H30N5O2+. The molecule has 2 amide bonds. The van der Waals surface area contributed by atoms with E-state index in [1.807, 2.05) is 49.6 Å². The van der Waals surface area contributed by atoms with Crippen LogP contribution in [0.1, 0.15) is 6.92 Å². The summed E-state index contributed by atoms with van der Waals surface area (Å²) in [4.78, 5) is 28.6. The maximum absolute atomic E-state index is 12.5. The molecule has 1 saturated heterocycles. The van der Waals surface area contributed by atoms with E-state index in [4.69, 9.17) is 5.41 Å². The number of nitrogens with zero attached hydrogens (tertiary/aromatic N) is 2. The van der Waals surface area contributed by atoms with Gasteiger partial charge in [0, 0.05) is 50.4 Å². The molecule has 0 saturated carbocycles. The molecule has 1 fully saturated rings. The Morgan fingerprint density at radius 3 is 2.35 bits per heavy atom. The average molecular weight is 421 g/mol. The highest BCUT2D eigenvalue weighted by molar-refractivity contribution is 6.42. The molecule has 2 aromatic rings. The van der Waals surface area contributed by atoms with E-state index in [0.29, 0.717) is 13.1 Å². The molecule has 0 unspecified atom stereocenters. The van der Waals surface area contributed by atoms with Crippen LogP contribution in [0, 0.1) is 5.41 Å². The molecule has 7 nitrogen and oxygen atoms in total. The zero-order valence-electron chi connectivity index (χ0n) is 18.1. The Morgan fingerprint density at radius 2 is 1.68 bits per heavy atom. The summed E-state index contributed by atoms with van der Waals surface area (Å²) in [5, 5.41) is 12.2. The summed E-state index contributed by atoms with van der Waals surface area (Å²) in [6.45, 7) is 4.38. The second kappa shape index (κ2) is 10.5. The molecule has 1 aliphatic rings. The number of rotatable bonds is 7. The summed E-state index contributed by atoms with van der Waals surface area (Å²) in [5.41, 5.74) is 4.20. The van der Waals surface area contributed by atoms with E-state index in [9.17, 15) is 9.59 Å². The third-order valence-electron chi connectivity index (χ3n) is 5.43. The Morgan fingerprint density at radius 1 is 1.03 bits per heavy atom. The first-order valence-electron chi connectivity index (χ1n) is 10.5. The summed E-state index contributed by atoms with van der Waals surface area (Å²) in [5.74, 6) is -0.662. The van der Waals surface area contributed by atoms with Crippen LogP contribution in [-0.4, -0.2) is 62.2 Å². The molecule has 0 spiro atoms. The zero-order chi connectivity index (χ0) is 22.2. The highest BCUT2D eigenvalue weighted by Gasteiger charge is 2.23. The molecule has 0 bridgehead atoms. The number of anilines is 1. The molecule has 162 valence electrons. The molecule has 2 aromatic carbocycles. The molecule has 0 aromatic heterocycles. The van der Waals surface area contributed by atoms with Crippen LogP contribution in [0.2, 0.25) is 0 Å². The monoisotopic (exact) mass is 420 g/mol. The minimum Gasteiger partial charge on any atom is -0.367 e. The number of carbonyl (C=O) groups is 2. The lowest BCUT2D eigenvalue weighted by Gasteiger charge is -2.37. The van der Waals surface area contributed by atoms with E-state index >= 15 is 0 Å². The van der Waals surface area contributed by atoms with E-state index in [0.717, 1.165) is 24.5 Å². The fraction of sp³-hybridized carbons (Fsp3) is 0.292. The Labute approximate surface area is 183 Å². The highest BCUT2D eigenvalue weighted by atomic mass is 16.2. The number of para-hydroxylation sites is 1. The molecule has 3 rings (SSSR count). The average Bonchev–Trinajstić information content (AvgIpc) is 2.82. The Balaban J connectivity index is 1.55. The fourth-order valence-corrected chi connectivity index (χ4v) is 3.55. The van der Waals surface area contributed by atoms with Crippen molar-refractivity contribution in [3.05, 3.63) is 66.4 Å². The topological polar surface area (TPSA) is 93.1 Å². The van der Waals surface area contributed by atoms with Gasteiger partial charge in [-0.05, 0) is 11.6 Å². The number of quaternary nitrogens is 1. The number of nitrogens with one attached hydrogen (secondary N) is 2. The third kappa shape index (κ3) is 5.79. The van der Waals surface area contributed by atoms with E-state index in [2.05, 4.69) is 34.5 Å². The molecule has 31 heavy (non-hydrogen) atoms. The van der Waals surface area contributed by atoms with Crippen molar-refractivity contribution in [3.8, 4) is 11.1 Å². The van der Waals surface area contributed by atoms with Crippen LogP contribution in [-0.2, 0) is 9.59 Å². The number of nitrogens with two attached hydrogens (primary N) is 1. The third-order valence-corrected chi connectivity index (χ3v) is 5.43. The lowest BCUT2D eigenvalue weighted by atomic mass is 10.0. The summed E-state index contributed by atoms with van der Waals surface area (Å²) in [6.07, 6.45) is 1.49. The van der Waals surface area contributed by atoms with Gasteiger partial charge in [-0.2, -0.15) is 0 Å². The van der Waals surface area contributed by atoms with E-state index in [1.165, 1.54) is 17.2 Å². The predicted molar refractivity (Wildman–Crippen MR) is 123 cm³/mol.